The molecule has 146 valence electrons. The molecule has 0 unspecified atom stereocenters. The lowest BCUT2D eigenvalue weighted by Gasteiger charge is -2.30. The van der Waals surface area contributed by atoms with Crippen molar-refractivity contribution in [1.29, 1.82) is 0 Å². The van der Waals surface area contributed by atoms with Crippen LogP contribution in [-0.4, -0.2) is 56.3 Å². The van der Waals surface area contributed by atoms with Crippen molar-refractivity contribution in [3.8, 4) is 0 Å². The fourth-order valence-electron chi connectivity index (χ4n) is 3.64. The lowest BCUT2D eigenvalue weighted by atomic mass is 9.94. The molecule has 0 saturated heterocycles. The van der Waals surface area contributed by atoms with E-state index in [4.69, 9.17) is 9.72 Å². The second-order valence-corrected chi connectivity index (χ2v) is 8.74. The normalized spacial score (nSPS) is 16.5. The number of ether oxygens (including phenoxy) is 1. The van der Waals surface area contributed by atoms with E-state index in [1.165, 1.54) is 10.4 Å². The number of rotatable bonds is 7. The largest absolute Gasteiger partial charge is 0.370 e. The molecule has 0 aliphatic carbocycles. The van der Waals surface area contributed by atoms with E-state index in [1.807, 2.05) is 4.52 Å². The first-order valence-corrected chi connectivity index (χ1v) is 10.5. The Kier molecular flexibility index (Phi) is 5.15. The summed E-state index contributed by atoms with van der Waals surface area (Å²) in [7, 11) is 0. The maximum atomic E-state index is 5.97. The van der Waals surface area contributed by atoms with Crippen molar-refractivity contribution in [2.75, 3.05) is 26.2 Å². The van der Waals surface area contributed by atoms with Crippen LogP contribution in [0.1, 0.15) is 44.0 Å². The van der Waals surface area contributed by atoms with Crippen molar-refractivity contribution < 1.29 is 4.74 Å². The Bertz CT molecular complexity index is 943. The predicted molar refractivity (Wildman–Crippen MR) is 108 cm³/mol. The van der Waals surface area contributed by atoms with Gasteiger partial charge in [-0.2, -0.15) is 0 Å². The lowest BCUT2D eigenvalue weighted by molar-refractivity contribution is -0.0379. The van der Waals surface area contributed by atoms with Crippen molar-refractivity contribution in [3.63, 3.8) is 0 Å². The number of aromatic nitrogens is 4. The van der Waals surface area contributed by atoms with Crippen molar-refractivity contribution in [1.82, 2.24) is 29.8 Å². The summed E-state index contributed by atoms with van der Waals surface area (Å²) in [6.07, 6.45) is 2.66. The van der Waals surface area contributed by atoms with E-state index in [9.17, 15) is 0 Å². The molecule has 0 atom stereocenters. The minimum absolute atomic E-state index is 0.150. The van der Waals surface area contributed by atoms with Crippen LogP contribution in [0.5, 0.6) is 0 Å². The number of thiophene rings is 1. The summed E-state index contributed by atoms with van der Waals surface area (Å²) in [5.41, 5.74) is 2.09. The van der Waals surface area contributed by atoms with E-state index in [0.29, 0.717) is 13.2 Å². The summed E-state index contributed by atoms with van der Waals surface area (Å²) in [6, 6.07) is 0. The van der Waals surface area contributed by atoms with Gasteiger partial charge in [-0.05, 0) is 32.5 Å². The number of nitrogens with zero attached hydrogens (tertiary/aromatic N) is 5. The monoisotopic (exact) mass is 388 g/mol. The Labute approximate surface area is 163 Å². The standard InChI is InChI=1S/C19H28N6OS/c1-5-24(6-2)8-7-20-10-15-22-17-16-13-9-19(3,4)26-11-14(13)27-18(16)21-12-25(17)23-15/h12,20H,5-11H2,1-4H3. The molecule has 0 bridgehead atoms. The van der Waals surface area contributed by atoms with Crippen LogP contribution >= 0.6 is 11.3 Å². The molecule has 8 heteroatoms. The molecule has 0 spiro atoms. The van der Waals surface area contributed by atoms with Gasteiger partial charge in [0.2, 0.25) is 0 Å². The number of nitrogens with one attached hydrogen (secondary N) is 1. The van der Waals surface area contributed by atoms with Gasteiger partial charge in [-0.1, -0.05) is 13.8 Å². The van der Waals surface area contributed by atoms with Crippen molar-refractivity contribution in [3.05, 3.63) is 22.6 Å². The number of hydrogen-bond donors (Lipinski definition) is 1. The summed E-state index contributed by atoms with van der Waals surface area (Å²) in [5, 5.41) is 9.24. The summed E-state index contributed by atoms with van der Waals surface area (Å²) in [6.45, 7) is 14.1. The molecule has 3 aromatic rings. The Morgan fingerprint density at radius 2 is 2.15 bits per heavy atom. The summed E-state index contributed by atoms with van der Waals surface area (Å²) < 4.78 is 7.79. The van der Waals surface area contributed by atoms with E-state index in [1.54, 1.807) is 17.7 Å². The average Bonchev–Trinajstić information content (AvgIpc) is 3.21. The van der Waals surface area contributed by atoms with Gasteiger partial charge in [-0.25, -0.2) is 14.5 Å². The van der Waals surface area contributed by atoms with Gasteiger partial charge in [0.1, 0.15) is 11.2 Å². The minimum Gasteiger partial charge on any atom is -0.370 e. The van der Waals surface area contributed by atoms with Crippen LogP contribution in [-0.2, 0) is 24.3 Å². The molecule has 1 aliphatic rings. The Balaban J connectivity index is 1.57. The maximum Gasteiger partial charge on any atom is 0.168 e. The van der Waals surface area contributed by atoms with Crippen LogP contribution in [0.15, 0.2) is 6.33 Å². The van der Waals surface area contributed by atoms with Crippen molar-refractivity contribution in [2.45, 2.75) is 52.9 Å². The Hall–Kier alpha value is -1.61. The third-order valence-electron chi connectivity index (χ3n) is 5.23. The number of likely N-dealkylation sites (N-methyl/N-ethyl adjacent to an activating group) is 1. The highest BCUT2D eigenvalue weighted by Crippen LogP contribution is 2.39. The average molecular weight is 389 g/mol. The quantitative estimate of drug-likeness (QED) is 0.628. The van der Waals surface area contributed by atoms with Crippen LogP contribution in [0.3, 0.4) is 0 Å². The van der Waals surface area contributed by atoms with Gasteiger partial charge in [-0.3, -0.25) is 0 Å². The molecule has 27 heavy (non-hydrogen) atoms. The number of hydrogen-bond acceptors (Lipinski definition) is 7. The smallest absolute Gasteiger partial charge is 0.168 e. The fourth-order valence-corrected chi connectivity index (χ4v) is 4.70. The van der Waals surface area contributed by atoms with Crippen LogP contribution in [0.25, 0.3) is 15.9 Å². The van der Waals surface area contributed by atoms with Crippen molar-refractivity contribution in [2.24, 2.45) is 0 Å². The van der Waals surface area contributed by atoms with Crippen molar-refractivity contribution >= 4 is 27.2 Å². The Morgan fingerprint density at radius 3 is 2.93 bits per heavy atom. The third kappa shape index (κ3) is 3.71. The SMILES string of the molecule is CCN(CC)CCNCc1nc2c3c4c(sc3ncn2n1)COC(C)(C)C4. The molecule has 4 heterocycles. The van der Waals surface area contributed by atoms with E-state index in [2.05, 4.69) is 48.0 Å². The van der Waals surface area contributed by atoms with Gasteiger partial charge in [0.05, 0.1) is 24.1 Å². The topological polar surface area (TPSA) is 67.6 Å². The van der Waals surface area contributed by atoms with E-state index in [0.717, 1.165) is 54.3 Å². The second-order valence-electron chi connectivity index (χ2n) is 7.65. The van der Waals surface area contributed by atoms with Crippen LogP contribution in [0, 0.1) is 0 Å². The molecule has 0 radical (unpaired) electrons. The third-order valence-corrected chi connectivity index (χ3v) is 6.35. The van der Waals surface area contributed by atoms with E-state index >= 15 is 0 Å². The number of fused-ring (bicyclic) bond motifs is 5. The van der Waals surface area contributed by atoms with Gasteiger partial charge < -0.3 is 15.0 Å². The fraction of sp³-hybridized carbons (Fsp3) is 0.632. The zero-order valence-electron chi connectivity index (χ0n) is 16.6. The van der Waals surface area contributed by atoms with Gasteiger partial charge in [-0.15, -0.1) is 16.4 Å². The molecule has 1 aliphatic heterocycles. The first-order valence-electron chi connectivity index (χ1n) is 9.72. The molecule has 0 amide bonds. The summed E-state index contributed by atoms with van der Waals surface area (Å²) in [4.78, 5) is 14.1. The van der Waals surface area contributed by atoms with Gasteiger partial charge in [0, 0.05) is 24.4 Å². The van der Waals surface area contributed by atoms with Crippen LogP contribution in [0.2, 0.25) is 0 Å². The van der Waals surface area contributed by atoms with Crippen LogP contribution in [0.4, 0.5) is 0 Å². The van der Waals surface area contributed by atoms with E-state index in [-0.39, 0.29) is 5.60 Å². The highest BCUT2D eigenvalue weighted by molar-refractivity contribution is 7.19. The molecular weight excluding hydrogens is 360 g/mol. The van der Waals surface area contributed by atoms with Gasteiger partial charge >= 0.3 is 0 Å². The second kappa shape index (κ2) is 7.43. The lowest BCUT2D eigenvalue weighted by Crippen LogP contribution is -2.31. The molecule has 1 N–H and O–H groups in total. The molecule has 7 nitrogen and oxygen atoms in total. The molecule has 0 fully saturated rings. The van der Waals surface area contributed by atoms with Gasteiger partial charge in [0.15, 0.2) is 11.5 Å². The zero-order valence-corrected chi connectivity index (χ0v) is 17.4. The molecule has 0 saturated carbocycles. The molecule has 4 rings (SSSR count). The molecule has 3 aromatic heterocycles. The van der Waals surface area contributed by atoms with Crippen LogP contribution < -0.4 is 5.32 Å². The predicted octanol–water partition coefficient (Wildman–Crippen LogP) is 2.62. The van der Waals surface area contributed by atoms with Gasteiger partial charge in [0.25, 0.3) is 0 Å². The van der Waals surface area contributed by atoms with E-state index < -0.39 is 0 Å². The first-order chi connectivity index (χ1) is 13.0. The highest BCUT2D eigenvalue weighted by atomic mass is 32.1. The minimum atomic E-state index is -0.150. The summed E-state index contributed by atoms with van der Waals surface area (Å²) in [5.74, 6) is 0.815. The summed E-state index contributed by atoms with van der Waals surface area (Å²) >= 11 is 1.72. The molecular formula is C19H28N6OS. The highest BCUT2D eigenvalue weighted by Gasteiger charge is 2.30. The zero-order chi connectivity index (χ0) is 19.0. The Morgan fingerprint density at radius 1 is 1.33 bits per heavy atom. The molecule has 0 aromatic carbocycles. The maximum absolute atomic E-state index is 5.97. The first kappa shape index (κ1) is 18.7.